The number of rotatable bonds is 5. The summed E-state index contributed by atoms with van der Waals surface area (Å²) in [6.07, 6.45) is 2.70. The summed E-state index contributed by atoms with van der Waals surface area (Å²) in [6.45, 7) is 4.64. The Bertz CT molecular complexity index is 1320. The third-order valence-electron chi connectivity index (χ3n) is 6.90. The first kappa shape index (κ1) is 22.9. The summed E-state index contributed by atoms with van der Waals surface area (Å²) in [6, 6.07) is 18.0. The molecule has 2 aromatic carbocycles. The number of anilines is 1. The van der Waals surface area contributed by atoms with Gasteiger partial charge in [0.25, 0.3) is 5.91 Å². The molecule has 1 aromatic heterocycles. The molecule has 0 saturated carbocycles. The van der Waals surface area contributed by atoms with Crippen molar-refractivity contribution >= 4 is 11.6 Å². The van der Waals surface area contributed by atoms with Crippen molar-refractivity contribution in [2.75, 3.05) is 25.2 Å². The van der Waals surface area contributed by atoms with Gasteiger partial charge >= 0.3 is 0 Å². The second-order valence-corrected chi connectivity index (χ2v) is 9.27. The smallest absolute Gasteiger partial charge is 0.251 e. The van der Waals surface area contributed by atoms with E-state index in [-0.39, 0.29) is 5.91 Å². The maximum absolute atomic E-state index is 12.9. The molecule has 3 aromatic rings. The number of ether oxygens (including phenoxy) is 2. The number of pyridine rings is 1. The lowest BCUT2D eigenvalue weighted by atomic mass is 9.79. The largest absolute Gasteiger partial charge is 0.496 e. The molecule has 2 aliphatic rings. The number of benzene rings is 2. The molecule has 1 amide bonds. The van der Waals surface area contributed by atoms with E-state index in [2.05, 4.69) is 27.3 Å². The molecule has 0 radical (unpaired) electrons. The number of nitrogens with one attached hydrogen (secondary N) is 1. The Morgan fingerprint density at radius 1 is 1.26 bits per heavy atom. The quantitative estimate of drug-likeness (QED) is 0.611. The minimum Gasteiger partial charge on any atom is -0.496 e. The number of methoxy groups -OCH3 is 1. The summed E-state index contributed by atoms with van der Waals surface area (Å²) < 4.78 is 11.1. The van der Waals surface area contributed by atoms with Gasteiger partial charge in [0.15, 0.2) is 0 Å². The molecule has 1 atom stereocenters. The van der Waals surface area contributed by atoms with Crippen LogP contribution < -0.4 is 15.0 Å². The monoisotopic (exact) mass is 468 g/mol. The predicted molar refractivity (Wildman–Crippen MR) is 132 cm³/mol. The molecule has 0 fully saturated rings. The minimum absolute atomic E-state index is 0.189. The molecule has 3 heterocycles. The Kier molecular flexibility index (Phi) is 6.14. The number of amides is 1. The summed E-state index contributed by atoms with van der Waals surface area (Å²) in [7, 11) is 1.71. The van der Waals surface area contributed by atoms with Crippen LogP contribution in [-0.4, -0.2) is 31.2 Å². The number of aromatic nitrogens is 1. The third kappa shape index (κ3) is 4.45. The van der Waals surface area contributed by atoms with Crippen LogP contribution in [0.5, 0.6) is 5.75 Å². The number of carbonyl (C=O) groups excluding carboxylic acids is 1. The third-order valence-corrected chi connectivity index (χ3v) is 6.90. The van der Waals surface area contributed by atoms with Crippen molar-refractivity contribution in [1.29, 1.82) is 5.26 Å². The van der Waals surface area contributed by atoms with Gasteiger partial charge < -0.3 is 19.7 Å². The number of nitrogens with zero attached hydrogens (tertiary/aromatic N) is 3. The molecule has 0 aliphatic carbocycles. The molecule has 0 bridgehead atoms. The molecular formula is C28H28N4O3. The zero-order valence-electron chi connectivity index (χ0n) is 20.0. The first-order valence-electron chi connectivity index (χ1n) is 11.8. The van der Waals surface area contributed by atoms with Crippen LogP contribution >= 0.6 is 0 Å². The molecule has 7 heteroatoms. The highest BCUT2D eigenvalue weighted by molar-refractivity contribution is 5.94. The normalized spacial score (nSPS) is 18.7. The van der Waals surface area contributed by atoms with Crippen LogP contribution in [0.25, 0.3) is 0 Å². The molecule has 2 aliphatic heterocycles. The molecule has 178 valence electrons. The van der Waals surface area contributed by atoms with Crippen LogP contribution in [0.3, 0.4) is 0 Å². The summed E-state index contributed by atoms with van der Waals surface area (Å²) in [4.78, 5) is 19.7. The van der Waals surface area contributed by atoms with E-state index < -0.39 is 5.41 Å². The highest BCUT2D eigenvalue weighted by Crippen LogP contribution is 2.33. The topological polar surface area (TPSA) is 87.5 Å². The van der Waals surface area contributed by atoms with Gasteiger partial charge in [-0.1, -0.05) is 18.2 Å². The van der Waals surface area contributed by atoms with Gasteiger partial charge in [0.05, 0.1) is 38.6 Å². The van der Waals surface area contributed by atoms with Crippen LogP contribution in [0.2, 0.25) is 0 Å². The SMILES string of the molecule is COc1cccc2c1CCN(c1ccnc(CNC(=O)c3ccc4c(c3)[C@](C)(C#N)COC4)c1)C2. The van der Waals surface area contributed by atoms with Crippen LogP contribution in [0, 0.1) is 11.3 Å². The van der Waals surface area contributed by atoms with E-state index in [1.54, 1.807) is 19.4 Å². The summed E-state index contributed by atoms with van der Waals surface area (Å²) in [5.74, 6) is 0.760. The van der Waals surface area contributed by atoms with Gasteiger partial charge in [-0.3, -0.25) is 9.78 Å². The average Bonchev–Trinajstić information content (AvgIpc) is 2.91. The van der Waals surface area contributed by atoms with Crippen molar-refractivity contribution in [3.63, 3.8) is 0 Å². The van der Waals surface area contributed by atoms with Crippen molar-refractivity contribution in [1.82, 2.24) is 10.3 Å². The Labute approximate surface area is 205 Å². The average molecular weight is 469 g/mol. The molecule has 0 saturated heterocycles. The lowest BCUT2D eigenvalue weighted by Gasteiger charge is -2.31. The van der Waals surface area contributed by atoms with E-state index in [0.717, 1.165) is 47.8 Å². The fraction of sp³-hybridized carbons (Fsp3) is 0.321. The van der Waals surface area contributed by atoms with E-state index in [1.165, 1.54) is 11.1 Å². The van der Waals surface area contributed by atoms with Gasteiger partial charge in [0.2, 0.25) is 0 Å². The summed E-state index contributed by atoms with van der Waals surface area (Å²) in [5.41, 5.74) is 6.01. The lowest BCUT2D eigenvalue weighted by Crippen LogP contribution is -2.33. The second kappa shape index (κ2) is 9.40. The number of fused-ring (bicyclic) bond motifs is 2. The zero-order valence-corrected chi connectivity index (χ0v) is 20.0. The van der Waals surface area contributed by atoms with Crippen LogP contribution in [0.15, 0.2) is 54.7 Å². The number of hydrogen-bond donors (Lipinski definition) is 1. The van der Waals surface area contributed by atoms with E-state index in [9.17, 15) is 10.1 Å². The van der Waals surface area contributed by atoms with Gasteiger partial charge in [0, 0.05) is 36.1 Å². The maximum atomic E-state index is 12.9. The fourth-order valence-corrected chi connectivity index (χ4v) is 4.91. The predicted octanol–water partition coefficient (Wildman–Crippen LogP) is 3.89. The number of nitriles is 1. The Balaban J connectivity index is 1.28. The van der Waals surface area contributed by atoms with Crippen molar-refractivity contribution < 1.29 is 14.3 Å². The standard InChI is InChI=1S/C28H28N4O3/c1-28(17-29)18-35-16-21-7-6-19(12-25(21)28)27(33)31-14-22-13-23(8-10-30-22)32-11-9-24-20(15-32)4-3-5-26(24)34-2/h3-8,10,12-13H,9,11,14-16,18H2,1-2H3,(H,31,33)/t28-/m1/s1. The first-order chi connectivity index (χ1) is 17.0. The fourth-order valence-electron chi connectivity index (χ4n) is 4.91. The molecular weight excluding hydrogens is 440 g/mol. The van der Waals surface area contributed by atoms with E-state index in [1.807, 2.05) is 43.3 Å². The first-order valence-corrected chi connectivity index (χ1v) is 11.8. The molecule has 5 rings (SSSR count). The second-order valence-electron chi connectivity index (χ2n) is 9.27. The van der Waals surface area contributed by atoms with Gasteiger partial charge in [-0.2, -0.15) is 5.26 Å². The van der Waals surface area contributed by atoms with Gasteiger partial charge in [0.1, 0.15) is 11.2 Å². The number of carbonyl (C=O) groups is 1. The molecule has 0 unspecified atom stereocenters. The van der Waals surface area contributed by atoms with Gasteiger partial charge in [-0.05, 0) is 60.4 Å². The van der Waals surface area contributed by atoms with Crippen molar-refractivity contribution in [2.24, 2.45) is 0 Å². The number of hydrogen-bond acceptors (Lipinski definition) is 6. The minimum atomic E-state index is -0.753. The van der Waals surface area contributed by atoms with Crippen molar-refractivity contribution in [3.05, 3.63) is 88.2 Å². The highest BCUT2D eigenvalue weighted by Gasteiger charge is 2.33. The Morgan fingerprint density at radius 2 is 2.14 bits per heavy atom. The molecule has 1 N–H and O–H groups in total. The molecule has 35 heavy (non-hydrogen) atoms. The molecule has 7 nitrogen and oxygen atoms in total. The van der Waals surface area contributed by atoms with E-state index in [4.69, 9.17) is 9.47 Å². The van der Waals surface area contributed by atoms with Gasteiger partial charge in [-0.25, -0.2) is 0 Å². The zero-order chi connectivity index (χ0) is 24.4. The summed E-state index contributed by atoms with van der Waals surface area (Å²) in [5, 5.41) is 12.6. The lowest BCUT2D eigenvalue weighted by molar-refractivity contribution is 0.0757. The van der Waals surface area contributed by atoms with Crippen LogP contribution in [0.1, 0.15) is 45.2 Å². The highest BCUT2D eigenvalue weighted by atomic mass is 16.5. The Hall–Kier alpha value is -3.89. The maximum Gasteiger partial charge on any atom is 0.251 e. The van der Waals surface area contributed by atoms with Gasteiger partial charge in [-0.15, -0.1) is 0 Å². The van der Waals surface area contributed by atoms with Crippen LogP contribution in [-0.2, 0) is 36.3 Å². The summed E-state index contributed by atoms with van der Waals surface area (Å²) >= 11 is 0. The van der Waals surface area contributed by atoms with Crippen molar-refractivity contribution in [2.45, 2.75) is 38.5 Å². The molecule has 0 spiro atoms. The van der Waals surface area contributed by atoms with E-state index >= 15 is 0 Å². The van der Waals surface area contributed by atoms with Crippen LogP contribution in [0.4, 0.5) is 5.69 Å². The van der Waals surface area contributed by atoms with E-state index in [0.29, 0.717) is 25.3 Å². The Morgan fingerprint density at radius 3 is 2.97 bits per heavy atom. The van der Waals surface area contributed by atoms with Crippen molar-refractivity contribution in [3.8, 4) is 11.8 Å².